The second-order valence-corrected chi connectivity index (χ2v) is 11.4. The van der Waals surface area contributed by atoms with Crippen LogP contribution in [0.3, 0.4) is 0 Å². The Balaban J connectivity index is 1.36. The number of anilines is 1. The van der Waals surface area contributed by atoms with Crippen molar-refractivity contribution in [3.63, 3.8) is 0 Å². The van der Waals surface area contributed by atoms with Crippen molar-refractivity contribution in [3.8, 4) is 22.6 Å². The average Bonchev–Trinajstić information content (AvgIpc) is 3.41. The molecule has 12 heteroatoms. The molecule has 1 amide bonds. The molecular weight excluding hydrogens is 582 g/mol. The zero-order valence-corrected chi connectivity index (χ0v) is 23.6. The normalized spacial score (nSPS) is 14.2. The third-order valence-electron chi connectivity index (χ3n) is 6.97. The Hall–Kier alpha value is -4.97. The van der Waals surface area contributed by atoms with Gasteiger partial charge in [0, 0.05) is 23.6 Å². The number of carbonyl (C=O) groups is 2. The van der Waals surface area contributed by atoms with Gasteiger partial charge in [-0.25, -0.2) is 22.0 Å². The Bertz CT molecular complexity index is 1780. The van der Waals surface area contributed by atoms with Gasteiger partial charge in [0.05, 0.1) is 29.8 Å². The number of halogens is 2. The number of fused-ring (bicyclic) bond motifs is 1. The summed E-state index contributed by atoms with van der Waals surface area (Å²) in [5.74, 6) is -2.29. The monoisotopic (exact) mass is 608 g/mol. The second kappa shape index (κ2) is 12.1. The predicted octanol–water partition coefficient (Wildman–Crippen LogP) is 4.65. The predicted molar refractivity (Wildman–Crippen MR) is 154 cm³/mol. The van der Waals surface area contributed by atoms with Crippen LogP contribution in [0.1, 0.15) is 15.9 Å². The number of ether oxygens (including phenoxy) is 2. The van der Waals surface area contributed by atoms with E-state index in [1.807, 2.05) is 0 Å². The molecule has 0 bridgehead atoms. The van der Waals surface area contributed by atoms with Crippen molar-refractivity contribution >= 4 is 27.6 Å². The maximum Gasteiger partial charge on any atom is 0.335 e. The lowest BCUT2D eigenvalue weighted by molar-refractivity contribution is -0.122. The molecule has 1 unspecified atom stereocenters. The number of sulfonamides is 1. The number of carboxylic acid groups (broad SMARTS) is 1. The first-order valence-electron chi connectivity index (χ1n) is 13.1. The lowest BCUT2D eigenvalue weighted by Crippen LogP contribution is -2.48. The summed E-state index contributed by atoms with van der Waals surface area (Å²) in [6.45, 7) is 0.102. The van der Waals surface area contributed by atoms with Gasteiger partial charge < -0.3 is 19.9 Å². The molecule has 9 nitrogen and oxygen atoms in total. The number of carboxylic acids is 1. The van der Waals surface area contributed by atoms with E-state index in [1.165, 1.54) is 61.7 Å². The summed E-state index contributed by atoms with van der Waals surface area (Å²) in [6, 6.07) is 18.1. The van der Waals surface area contributed by atoms with Crippen LogP contribution < -0.4 is 19.1 Å². The maximum absolute atomic E-state index is 14.3. The van der Waals surface area contributed by atoms with Crippen LogP contribution in [-0.4, -0.2) is 51.7 Å². The summed E-state index contributed by atoms with van der Waals surface area (Å²) < 4.78 is 67.7. The number of hydrogen-bond donors (Lipinski definition) is 2. The van der Waals surface area contributed by atoms with Gasteiger partial charge in [-0.2, -0.15) is 0 Å². The van der Waals surface area contributed by atoms with Crippen LogP contribution in [0.4, 0.5) is 14.5 Å². The molecule has 4 aromatic rings. The highest BCUT2D eigenvalue weighted by Crippen LogP contribution is 2.41. The van der Waals surface area contributed by atoms with Crippen molar-refractivity contribution in [3.05, 3.63) is 108 Å². The lowest BCUT2D eigenvalue weighted by atomic mass is 10.1. The molecule has 1 atom stereocenters. The first kappa shape index (κ1) is 29.5. The van der Waals surface area contributed by atoms with Crippen LogP contribution in [0.2, 0.25) is 0 Å². The highest BCUT2D eigenvalue weighted by molar-refractivity contribution is 7.93. The summed E-state index contributed by atoms with van der Waals surface area (Å²) in [5, 5.41) is 11.7. The van der Waals surface area contributed by atoms with Crippen molar-refractivity contribution < 1.29 is 41.4 Å². The largest absolute Gasteiger partial charge is 0.496 e. The molecule has 0 spiro atoms. The number of methoxy groups -OCH3 is 1. The molecule has 4 aromatic carbocycles. The van der Waals surface area contributed by atoms with E-state index in [0.717, 1.165) is 16.4 Å². The van der Waals surface area contributed by atoms with Crippen LogP contribution in [0.5, 0.6) is 11.5 Å². The molecule has 0 fully saturated rings. The summed E-state index contributed by atoms with van der Waals surface area (Å²) >= 11 is 0. The fourth-order valence-electron chi connectivity index (χ4n) is 4.90. The SMILES string of the molecule is COc1cccc2c1CC(C(=O)NCCOc1ccc(C(=O)O)cc1)N2S(=O)(=O)c1ccc(-c2ccc(F)cc2F)cc1. The minimum atomic E-state index is -4.29. The van der Waals surface area contributed by atoms with Crippen LogP contribution in [0.15, 0.2) is 89.8 Å². The molecule has 1 heterocycles. The molecule has 43 heavy (non-hydrogen) atoms. The zero-order chi connectivity index (χ0) is 30.7. The molecular formula is C31H26F2N2O7S. The van der Waals surface area contributed by atoms with Gasteiger partial charge >= 0.3 is 5.97 Å². The second-order valence-electron chi connectivity index (χ2n) is 9.60. The number of nitrogens with zero attached hydrogens (tertiary/aromatic N) is 1. The first-order valence-corrected chi connectivity index (χ1v) is 14.5. The topological polar surface area (TPSA) is 122 Å². The zero-order valence-electron chi connectivity index (χ0n) is 22.8. The Labute approximate surface area is 246 Å². The van der Waals surface area contributed by atoms with E-state index in [-0.39, 0.29) is 35.6 Å². The average molecular weight is 609 g/mol. The highest BCUT2D eigenvalue weighted by Gasteiger charge is 2.43. The number of nitrogens with one attached hydrogen (secondary N) is 1. The Morgan fingerprint density at radius 2 is 1.72 bits per heavy atom. The fourth-order valence-corrected chi connectivity index (χ4v) is 6.54. The fraction of sp³-hybridized carbons (Fsp3) is 0.161. The van der Waals surface area contributed by atoms with Crippen LogP contribution in [-0.2, 0) is 21.2 Å². The minimum Gasteiger partial charge on any atom is -0.496 e. The molecule has 0 radical (unpaired) electrons. The van der Waals surface area contributed by atoms with Crippen LogP contribution in [0, 0.1) is 11.6 Å². The van der Waals surface area contributed by atoms with Gasteiger partial charge in [0.25, 0.3) is 10.0 Å². The number of aromatic carboxylic acids is 1. The Morgan fingerprint density at radius 1 is 1.00 bits per heavy atom. The lowest BCUT2D eigenvalue weighted by Gasteiger charge is -2.26. The number of amides is 1. The molecule has 0 saturated carbocycles. The summed E-state index contributed by atoms with van der Waals surface area (Å²) in [6.07, 6.45) is 0.0563. The molecule has 5 rings (SSSR count). The molecule has 1 aliphatic rings. The Morgan fingerprint density at radius 3 is 2.37 bits per heavy atom. The van der Waals surface area contributed by atoms with Crippen molar-refractivity contribution in [1.82, 2.24) is 5.32 Å². The van der Waals surface area contributed by atoms with Gasteiger partial charge in [-0.1, -0.05) is 18.2 Å². The van der Waals surface area contributed by atoms with E-state index in [9.17, 15) is 26.8 Å². The number of rotatable bonds is 10. The van der Waals surface area contributed by atoms with Crippen LogP contribution >= 0.6 is 0 Å². The van der Waals surface area contributed by atoms with Crippen molar-refractivity contribution in [2.75, 3.05) is 24.6 Å². The number of hydrogen-bond acceptors (Lipinski definition) is 6. The molecule has 0 aromatic heterocycles. The van der Waals surface area contributed by atoms with Crippen molar-refractivity contribution in [2.24, 2.45) is 0 Å². The number of carbonyl (C=O) groups excluding carboxylic acids is 1. The van der Waals surface area contributed by atoms with Gasteiger partial charge in [0.15, 0.2) is 0 Å². The third kappa shape index (κ3) is 6.00. The molecule has 0 aliphatic carbocycles. The van der Waals surface area contributed by atoms with Crippen molar-refractivity contribution in [1.29, 1.82) is 0 Å². The van der Waals surface area contributed by atoms with Gasteiger partial charge in [-0.05, 0) is 66.2 Å². The first-order chi connectivity index (χ1) is 20.6. The van der Waals surface area contributed by atoms with Crippen LogP contribution in [0.25, 0.3) is 11.1 Å². The summed E-state index contributed by atoms with van der Waals surface area (Å²) in [5.41, 5.74) is 1.41. The molecule has 1 aliphatic heterocycles. The van der Waals surface area contributed by atoms with Crippen molar-refractivity contribution in [2.45, 2.75) is 17.4 Å². The highest BCUT2D eigenvalue weighted by atomic mass is 32.2. The van der Waals surface area contributed by atoms with Gasteiger partial charge in [0.1, 0.15) is 35.8 Å². The molecule has 222 valence electrons. The molecule has 2 N–H and O–H groups in total. The van der Waals surface area contributed by atoms with E-state index in [2.05, 4.69) is 5.32 Å². The van der Waals surface area contributed by atoms with E-state index in [4.69, 9.17) is 14.6 Å². The molecule has 0 saturated heterocycles. The quantitative estimate of drug-likeness (QED) is 0.251. The van der Waals surface area contributed by atoms with E-state index in [1.54, 1.807) is 18.2 Å². The standard InChI is InChI=1S/C31H26F2N2O7S/c1-41-29-4-2-3-27-25(29)18-28(30(36)34-15-16-42-22-10-5-20(6-11-22)31(37)38)35(27)43(39,40)23-12-7-19(8-13-23)24-14-9-21(32)17-26(24)33/h2-14,17,28H,15-16,18H2,1H3,(H,34,36)(H,37,38). The minimum absolute atomic E-state index is 0.0509. The summed E-state index contributed by atoms with van der Waals surface area (Å²) in [7, 11) is -2.83. The van der Waals surface area contributed by atoms with E-state index < -0.39 is 39.6 Å². The third-order valence-corrected chi connectivity index (χ3v) is 8.81. The number of benzene rings is 4. The van der Waals surface area contributed by atoms with Gasteiger partial charge in [-0.15, -0.1) is 0 Å². The van der Waals surface area contributed by atoms with E-state index >= 15 is 0 Å². The van der Waals surface area contributed by atoms with E-state index in [0.29, 0.717) is 28.3 Å². The van der Waals surface area contributed by atoms with Gasteiger partial charge in [-0.3, -0.25) is 9.10 Å². The summed E-state index contributed by atoms with van der Waals surface area (Å²) in [4.78, 5) is 24.3. The Kier molecular flexibility index (Phi) is 8.31. The smallest absolute Gasteiger partial charge is 0.335 e. The van der Waals surface area contributed by atoms with Gasteiger partial charge in [0.2, 0.25) is 5.91 Å². The maximum atomic E-state index is 14.3.